The van der Waals surface area contributed by atoms with Crippen molar-refractivity contribution in [1.82, 2.24) is 5.32 Å². The van der Waals surface area contributed by atoms with Crippen LogP contribution >= 0.6 is 0 Å². The average molecular weight is 170 g/mol. The molecule has 0 aromatic rings. The van der Waals surface area contributed by atoms with Crippen LogP contribution in [0, 0.1) is 5.41 Å². The minimum Gasteiger partial charge on any atom is -0.351 e. The van der Waals surface area contributed by atoms with Crippen molar-refractivity contribution in [2.24, 2.45) is 11.1 Å². The van der Waals surface area contributed by atoms with Gasteiger partial charge in [-0.15, -0.1) is 0 Å². The molecule has 3 heteroatoms. The van der Waals surface area contributed by atoms with Crippen LogP contribution in [0.2, 0.25) is 0 Å². The Hall–Kier alpha value is -0.570. The van der Waals surface area contributed by atoms with Crippen LogP contribution in [0.5, 0.6) is 0 Å². The molecule has 0 heterocycles. The summed E-state index contributed by atoms with van der Waals surface area (Å²) in [5.41, 5.74) is 5.86. The van der Waals surface area contributed by atoms with Crippen LogP contribution in [0.15, 0.2) is 0 Å². The molecule has 0 aromatic heterocycles. The highest BCUT2D eigenvalue weighted by molar-refractivity contribution is 5.82. The summed E-state index contributed by atoms with van der Waals surface area (Å²) >= 11 is 0. The number of hydrogen-bond acceptors (Lipinski definition) is 2. The Morgan fingerprint density at radius 3 is 2.58 bits per heavy atom. The first-order chi connectivity index (χ1) is 5.47. The van der Waals surface area contributed by atoms with Gasteiger partial charge in [0.15, 0.2) is 0 Å². The summed E-state index contributed by atoms with van der Waals surface area (Å²) in [6.07, 6.45) is 1.79. The van der Waals surface area contributed by atoms with Crippen molar-refractivity contribution >= 4 is 5.91 Å². The summed E-state index contributed by atoms with van der Waals surface area (Å²) in [6, 6.07) is 0.0176. The fourth-order valence-electron chi connectivity index (χ4n) is 1.18. The van der Waals surface area contributed by atoms with Crippen LogP contribution in [-0.4, -0.2) is 18.0 Å². The zero-order valence-electron chi connectivity index (χ0n) is 8.05. The lowest BCUT2D eigenvalue weighted by Gasteiger charge is -2.10. The largest absolute Gasteiger partial charge is 0.351 e. The van der Waals surface area contributed by atoms with Gasteiger partial charge in [0.2, 0.25) is 5.91 Å². The molecular formula is C9H18N2O. The average Bonchev–Trinajstić information content (AvgIpc) is 2.57. The van der Waals surface area contributed by atoms with E-state index in [2.05, 4.69) is 19.2 Å². The highest BCUT2D eigenvalue weighted by Crippen LogP contribution is 2.44. The Morgan fingerprint density at radius 2 is 2.25 bits per heavy atom. The molecule has 1 rings (SSSR count). The second-order valence-electron chi connectivity index (χ2n) is 4.27. The first-order valence-corrected chi connectivity index (χ1v) is 4.53. The maximum absolute atomic E-state index is 11.3. The molecule has 0 spiro atoms. The number of nitrogens with one attached hydrogen (secondary N) is 1. The number of carbonyl (C=O) groups excluding carboxylic acids is 1. The molecule has 3 N–H and O–H groups in total. The number of carbonyl (C=O) groups is 1. The van der Waals surface area contributed by atoms with Crippen molar-refractivity contribution in [3.63, 3.8) is 0 Å². The summed E-state index contributed by atoms with van der Waals surface area (Å²) in [5, 5.41) is 2.93. The maximum Gasteiger partial charge on any atom is 0.237 e. The SMILES string of the molecule is CC[C@H](N)C(=O)NC1CC1(C)C. The predicted molar refractivity (Wildman–Crippen MR) is 48.6 cm³/mol. The van der Waals surface area contributed by atoms with Gasteiger partial charge in [-0.05, 0) is 18.3 Å². The number of amides is 1. The lowest BCUT2D eigenvalue weighted by Crippen LogP contribution is -2.42. The van der Waals surface area contributed by atoms with Gasteiger partial charge in [-0.25, -0.2) is 0 Å². The Morgan fingerprint density at radius 1 is 1.75 bits per heavy atom. The summed E-state index contributed by atoms with van der Waals surface area (Å²) < 4.78 is 0. The Labute approximate surface area is 73.7 Å². The fourth-order valence-corrected chi connectivity index (χ4v) is 1.18. The Bertz CT molecular complexity index is 189. The fraction of sp³-hybridized carbons (Fsp3) is 0.889. The van der Waals surface area contributed by atoms with Crippen molar-refractivity contribution in [3.8, 4) is 0 Å². The van der Waals surface area contributed by atoms with Crippen molar-refractivity contribution in [1.29, 1.82) is 0 Å². The molecule has 1 amide bonds. The van der Waals surface area contributed by atoms with E-state index < -0.39 is 0 Å². The monoisotopic (exact) mass is 170 g/mol. The number of rotatable bonds is 3. The predicted octanol–water partition coefficient (Wildman–Crippen LogP) is 0.638. The van der Waals surface area contributed by atoms with Gasteiger partial charge >= 0.3 is 0 Å². The Kier molecular flexibility index (Phi) is 2.42. The molecule has 70 valence electrons. The van der Waals surface area contributed by atoms with Gasteiger partial charge in [0.1, 0.15) is 0 Å². The molecule has 0 aromatic carbocycles. The molecule has 0 aliphatic heterocycles. The number of nitrogens with two attached hydrogens (primary N) is 1. The van der Waals surface area contributed by atoms with E-state index in [1.165, 1.54) is 0 Å². The van der Waals surface area contributed by atoms with Gasteiger partial charge in [0.05, 0.1) is 6.04 Å². The van der Waals surface area contributed by atoms with Crippen LogP contribution < -0.4 is 11.1 Å². The molecule has 2 atom stereocenters. The molecule has 1 fully saturated rings. The second-order valence-corrected chi connectivity index (χ2v) is 4.27. The minimum absolute atomic E-state index is 0.00641. The van der Waals surface area contributed by atoms with Crippen molar-refractivity contribution in [3.05, 3.63) is 0 Å². The quantitative estimate of drug-likeness (QED) is 0.653. The lowest BCUT2D eigenvalue weighted by atomic mass is 10.2. The van der Waals surface area contributed by atoms with E-state index >= 15 is 0 Å². The molecule has 12 heavy (non-hydrogen) atoms. The molecule has 0 saturated heterocycles. The molecular weight excluding hydrogens is 152 g/mol. The third-order valence-corrected chi connectivity index (χ3v) is 2.61. The highest BCUT2D eigenvalue weighted by atomic mass is 16.2. The van der Waals surface area contributed by atoms with E-state index in [4.69, 9.17) is 5.73 Å². The van der Waals surface area contributed by atoms with Gasteiger partial charge in [-0.3, -0.25) is 4.79 Å². The van der Waals surface area contributed by atoms with E-state index in [1.54, 1.807) is 0 Å². The first kappa shape index (κ1) is 9.52. The van der Waals surface area contributed by atoms with Crippen molar-refractivity contribution in [2.75, 3.05) is 0 Å². The molecule has 3 nitrogen and oxygen atoms in total. The lowest BCUT2D eigenvalue weighted by molar-refractivity contribution is -0.122. The van der Waals surface area contributed by atoms with Gasteiger partial charge < -0.3 is 11.1 Å². The normalized spacial score (nSPS) is 27.8. The smallest absolute Gasteiger partial charge is 0.237 e. The molecule has 1 aliphatic carbocycles. The second kappa shape index (κ2) is 3.05. The van der Waals surface area contributed by atoms with Gasteiger partial charge in [0.25, 0.3) is 0 Å². The van der Waals surface area contributed by atoms with Gasteiger partial charge in [-0.1, -0.05) is 20.8 Å². The van der Waals surface area contributed by atoms with Crippen molar-refractivity contribution in [2.45, 2.75) is 45.7 Å². The molecule has 1 unspecified atom stereocenters. The van der Waals surface area contributed by atoms with E-state index in [0.717, 1.165) is 6.42 Å². The van der Waals surface area contributed by atoms with Crippen LogP contribution in [0.1, 0.15) is 33.6 Å². The standard InChI is InChI=1S/C9H18N2O/c1-4-6(10)8(12)11-7-5-9(7,2)3/h6-7H,4-5,10H2,1-3H3,(H,11,12)/t6-,7?/m0/s1. The van der Waals surface area contributed by atoms with E-state index in [0.29, 0.717) is 17.9 Å². The third-order valence-electron chi connectivity index (χ3n) is 2.61. The zero-order chi connectivity index (χ0) is 9.35. The summed E-state index contributed by atoms with van der Waals surface area (Å²) in [6.45, 7) is 6.22. The van der Waals surface area contributed by atoms with Crippen LogP contribution in [0.25, 0.3) is 0 Å². The molecule has 1 saturated carbocycles. The number of hydrogen-bond donors (Lipinski definition) is 2. The summed E-state index contributed by atoms with van der Waals surface area (Å²) in [5.74, 6) is -0.00641. The molecule has 0 bridgehead atoms. The highest BCUT2D eigenvalue weighted by Gasteiger charge is 2.46. The van der Waals surface area contributed by atoms with Crippen LogP contribution in [0.3, 0.4) is 0 Å². The first-order valence-electron chi connectivity index (χ1n) is 4.53. The van der Waals surface area contributed by atoms with Crippen LogP contribution in [-0.2, 0) is 4.79 Å². The summed E-state index contributed by atoms with van der Waals surface area (Å²) in [4.78, 5) is 11.3. The summed E-state index contributed by atoms with van der Waals surface area (Å²) in [7, 11) is 0. The van der Waals surface area contributed by atoms with E-state index in [-0.39, 0.29) is 11.9 Å². The van der Waals surface area contributed by atoms with Crippen LogP contribution in [0.4, 0.5) is 0 Å². The third kappa shape index (κ3) is 1.97. The molecule has 1 aliphatic rings. The maximum atomic E-state index is 11.3. The zero-order valence-corrected chi connectivity index (χ0v) is 8.05. The van der Waals surface area contributed by atoms with Gasteiger partial charge in [-0.2, -0.15) is 0 Å². The molecule has 0 radical (unpaired) electrons. The van der Waals surface area contributed by atoms with Crippen molar-refractivity contribution < 1.29 is 4.79 Å². The minimum atomic E-state index is -0.332. The van der Waals surface area contributed by atoms with Gasteiger partial charge in [0, 0.05) is 6.04 Å². The van der Waals surface area contributed by atoms with E-state index in [1.807, 2.05) is 6.92 Å². The van der Waals surface area contributed by atoms with E-state index in [9.17, 15) is 4.79 Å². The topological polar surface area (TPSA) is 55.1 Å². The Balaban J connectivity index is 2.29.